The summed E-state index contributed by atoms with van der Waals surface area (Å²) in [5.74, 6) is -3.01. The fourth-order valence-corrected chi connectivity index (χ4v) is 7.67. The van der Waals surface area contributed by atoms with Gasteiger partial charge in [-0.1, -0.05) is 38.0 Å². The van der Waals surface area contributed by atoms with Crippen molar-refractivity contribution in [3.05, 3.63) is 58.3 Å². The lowest BCUT2D eigenvalue weighted by molar-refractivity contribution is -0.172. The molecule has 1 aromatic heterocycles. The molecule has 2 aromatic rings. The molecule has 1 aliphatic carbocycles. The molecule has 1 saturated carbocycles. The highest BCUT2D eigenvalue weighted by Gasteiger charge is 2.56. The second kappa shape index (κ2) is 14.0. The SMILES string of the molecule is C[C@H](CC(F)(F)F)C(=O)N1CCC(O)(Cn2cc(C(=O)N3CCN(C(=O)OC(C)(C)C)CC3)c(-c3ccccc3F)cc2=O)C2(CCCC2)C1. The molecule has 274 valence electrons. The highest BCUT2D eigenvalue weighted by atomic mass is 19.4. The van der Waals surface area contributed by atoms with E-state index in [4.69, 9.17) is 4.74 Å². The molecule has 2 saturated heterocycles. The monoisotopic (exact) mass is 706 g/mol. The summed E-state index contributed by atoms with van der Waals surface area (Å²) in [5, 5.41) is 12.3. The van der Waals surface area contributed by atoms with Crippen LogP contribution in [0.25, 0.3) is 11.1 Å². The molecule has 3 fully saturated rings. The Bertz CT molecular complexity index is 1660. The first-order valence-corrected chi connectivity index (χ1v) is 17.2. The van der Waals surface area contributed by atoms with Crippen molar-refractivity contribution in [3.63, 3.8) is 0 Å². The number of likely N-dealkylation sites (tertiary alicyclic amines) is 1. The van der Waals surface area contributed by atoms with E-state index >= 15 is 4.39 Å². The van der Waals surface area contributed by atoms with Crippen LogP contribution in [0.3, 0.4) is 0 Å². The van der Waals surface area contributed by atoms with Crippen LogP contribution < -0.4 is 5.56 Å². The van der Waals surface area contributed by atoms with Gasteiger partial charge in [-0.15, -0.1) is 0 Å². The Balaban J connectivity index is 1.44. The lowest BCUT2D eigenvalue weighted by atomic mass is 9.65. The Morgan fingerprint density at radius 1 is 0.920 bits per heavy atom. The summed E-state index contributed by atoms with van der Waals surface area (Å²) in [6.07, 6.45) is -2.37. The van der Waals surface area contributed by atoms with Gasteiger partial charge in [0.2, 0.25) is 5.91 Å². The maximum absolute atomic E-state index is 15.1. The number of halogens is 4. The number of rotatable bonds is 6. The van der Waals surface area contributed by atoms with E-state index in [1.54, 1.807) is 26.8 Å². The van der Waals surface area contributed by atoms with E-state index in [1.807, 2.05) is 0 Å². The zero-order valence-corrected chi connectivity index (χ0v) is 29.0. The van der Waals surface area contributed by atoms with Crippen LogP contribution in [0.1, 0.15) is 76.6 Å². The molecule has 5 rings (SSSR count). The Morgan fingerprint density at radius 2 is 1.54 bits per heavy atom. The zero-order valence-electron chi connectivity index (χ0n) is 29.0. The number of carbonyl (C=O) groups excluding carboxylic acids is 3. The summed E-state index contributed by atoms with van der Waals surface area (Å²) in [6.45, 7) is 7.11. The molecule has 1 spiro atoms. The molecular formula is C36H46F4N4O6. The van der Waals surface area contributed by atoms with Gasteiger partial charge in [-0.05, 0) is 46.1 Å². The minimum atomic E-state index is -4.49. The van der Waals surface area contributed by atoms with E-state index in [0.717, 1.165) is 12.8 Å². The normalized spacial score (nSPS) is 21.7. The van der Waals surface area contributed by atoms with Crippen molar-refractivity contribution in [1.82, 2.24) is 19.3 Å². The highest BCUT2D eigenvalue weighted by Crippen LogP contribution is 2.52. The predicted octanol–water partition coefficient (Wildman–Crippen LogP) is 5.46. The maximum Gasteiger partial charge on any atom is 0.410 e. The molecule has 0 radical (unpaired) electrons. The molecule has 14 heteroatoms. The molecular weight excluding hydrogens is 660 g/mol. The molecule has 3 heterocycles. The van der Waals surface area contributed by atoms with Gasteiger partial charge in [0.25, 0.3) is 11.5 Å². The largest absolute Gasteiger partial charge is 0.444 e. The van der Waals surface area contributed by atoms with E-state index in [2.05, 4.69) is 0 Å². The summed E-state index contributed by atoms with van der Waals surface area (Å²) in [6, 6.07) is 6.97. The number of piperazine rings is 1. The Hall–Kier alpha value is -3.94. The molecule has 2 aliphatic heterocycles. The van der Waals surface area contributed by atoms with Crippen LogP contribution in [0.15, 0.2) is 41.3 Å². The molecule has 2 atom stereocenters. The molecule has 1 aromatic carbocycles. The number of hydrogen-bond donors (Lipinski definition) is 1. The summed E-state index contributed by atoms with van der Waals surface area (Å²) >= 11 is 0. The van der Waals surface area contributed by atoms with Crippen LogP contribution in [0.5, 0.6) is 0 Å². The molecule has 3 amide bonds. The van der Waals surface area contributed by atoms with Gasteiger partial charge in [-0.25, -0.2) is 9.18 Å². The Morgan fingerprint density at radius 3 is 2.14 bits per heavy atom. The molecule has 0 bridgehead atoms. The number of aromatic nitrogens is 1. The van der Waals surface area contributed by atoms with E-state index in [9.17, 15) is 37.5 Å². The maximum atomic E-state index is 15.1. The second-order valence-electron chi connectivity index (χ2n) is 15.1. The molecule has 1 unspecified atom stereocenters. The first-order valence-electron chi connectivity index (χ1n) is 17.2. The van der Waals surface area contributed by atoms with Gasteiger partial charge in [0, 0.05) is 74.0 Å². The smallest absolute Gasteiger partial charge is 0.410 e. The van der Waals surface area contributed by atoms with Crippen LogP contribution >= 0.6 is 0 Å². The van der Waals surface area contributed by atoms with Gasteiger partial charge in [-0.2, -0.15) is 13.2 Å². The van der Waals surface area contributed by atoms with E-state index < -0.39 is 64.4 Å². The third-order valence-electron chi connectivity index (χ3n) is 10.3. The van der Waals surface area contributed by atoms with Gasteiger partial charge in [0.05, 0.1) is 24.1 Å². The van der Waals surface area contributed by atoms with Crippen LogP contribution in [-0.4, -0.2) is 98.9 Å². The van der Waals surface area contributed by atoms with E-state index in [0.29, 0.717) is 12.8 Å². The van der Waals surface area contributed by atoms with Gasteiger partial charge in [-0.3, -0.25) is 14.4 Å². The van der Waals surface area contributed by atoms with Crippen LogP contribution in [0, 0.1) is 17.2 Å². The average Bonchev–Trinajstić information content (AvgIpc) is 3.51. The number of hydrogen-bond acceptors (Lipinski definition) is 6. The van der Waals surface area contributed by atoms with Crippen LogP contribution in [0.4, 0.5) is 22.4 Å². The summed E-state index contributed by atoms with van der Waals surface area (Å²) < 4.78 is 61.1. The number of amides is 3. The number of pyridine rings is 1. The lowest BCUT2D eigenvalue weighted by Crippen LogP contribution is -2.62. The van der Waals surface area contributed by atoms with Crippen molar-refractivity contribution in [2.24, 2.45) is 11.3 Å². The van der Waals surface area contributed by atoms with Gasteiger partial charge in [0.15, 0.2) is 0 Å². The van der Waals surface area contributed by atoms with Crippen molar-refractivity contribution < 1.29 is 41.8 Å². The van der Waals surface area contributed by atoms with Crippen molar-refractivity contribution >= 4 is 17.9 Å². The Labute approximate surface area is 289 Å². The van der Waals surface area contributed by atoms with Crippen molar-refractivity contribution in [3.8, 4) is 11.1 Å². The van der Waals surface area contributed by atoms with Crippen molar-refractivity contribution in [1.29, 1.82) is 0 Å². The Kier molecular flexibility index (Phi) is 10.4. The summed E-state index contributed by atoms with van der Waals surface area (Å²) in [5.41, 5.74) is -3.47. The van der Waals surface area contributed by atoms with E-state index in [-0.39, 0.29) is 68.9 Å². The van der Waals surface area contributed by atoms with Crippen LogP contribution in [-0.2, 0) is 16.1 Å². The second-order valence-corrected chi connectivity index (χ2v) is 15.1. The number of alkyl halides is 3. The quantitative estimate of drug-likeness (QED) is 0.400. The lowest BCUT2D eigenvalue weighted by Gasteiger charge is -2.52. The molecule has 3 aliphatic rings. The van der Waals surface area contributed by atoms with Gasteiger partial charge < -0.3 is 29.1 Å². The minimum absolute atomic E-state index is 0.00898. The van der Waals surface area contributed by atoms with Gasteiger partial charge >= 0.3 is 12.3 Å². The summed E-state index contributed by atoms with van der Waals surface area (Å²) in [4.78, 5) is 58.0. The first kappa shape index (κ1) is 37.3. The highest BCUT2D eigenvalue weighted by molar-refractivity contribution is 6.00. The summed E-state index contributed by atoms with van der Waals surface area (Å²) in [7, 11) is 0. The average molecular weight is 707 g/mol. The molecule has 1 N–H and O–H groups in total. The topological polar surface area (TPSA) is 112 Å². The number of carbonyl (C=O) groups is 3. The van der Waals surface area contributed by atoms with Gasteiger partial charge in [0.1, 0.15) is 11.4 Å². The number of ether oxygens (including phenoxy) is 1. The number of piperidine rings is 1. The third kappa shape index (κ3) is 8.00. The number of benzene rings is 1. The van der Waals surface area contributed by atoms with Crippen LogP contribution in [0.2, 0.25) is 0 Å². The van der Waals surface area contributed by atoms with E-state index in [1.165, 1.54) is 56.7 Å². The third-order valence-corrected chi connectivity index (χ3v) is 10.3. The first-order chi connectivity index (χ1) is 23.3. The fraction of sp³-hybridized carbons (Fsp3) is 0.611. The van der Waals surface area contributed by atoms with Crippen molar-refractivity contribution in [2.75, 3.05) is 39.3 Å². The minimum Gasteiger partial charge on any atom is -0.444 e. The predicted molar refractivity (Wildman–Crippen MR) is 177 cm³/mol. The molecule has 50 heavy (non-hydrogen) atoms. The van der Waals surface area contributed by atoms with Crippen molar-refractivity contribution in [2.45, 2.75) is 90.1 Å². The zero-order chi connectivity index (χ0) is 36.6. The number of aliphatic hydroxyl groups is 1. The molecule has 10 nitrogen and oxygen atoms in total. The fourth-order valence-electron chi connectivity index (χ4n) is 7.67. The number of nitrogens with zero attached hydrogens (tertiary/aromatic N) is 4. The standard InChI is InChI=1S/C36H46F4N4O6/c1-24(20-36(38,39)40)30(46)43-14-13-35(49,34(22-43)11-7-8-12-34)23-44-21-27(26(19-29(44)45)25-9-5-6-10-28(25)37)31(47)41-15-17-42(18-16-41)32(48)50-33(2,3)4/h5-6,9-10,19,21,24,49H,7-8,11-18,20,22-23H2,1-4H3/t24-,35?/m1/s1.